The van der Waals surface area contributed by atoms with Crippen LogP contribution in [0.5, 0.6) is 0 Å². The molecule has 3 N–H and O–H groups in total. The van der Waals surface area contributed by atoms with Gasteiger partial charge in [0.1, 0.15) is 18.0 Å². The monoisotopic (exact) mass is 354 g/mol. The van der Waals surface area contributed by atoms with Crippen LogP contribution in [0.2, 0.25) is 0 Å². The summed E-state index contributed by atoms with van der Waals surface area (Å²) in [5.74, 6) is 1.89. The number of methoxy groups -OCH3 is 1. The molecule has 1 aromatic carbocycles. The van der Waals surface area contributed by atoms with E-state index in [9.17, 15) is 5.11 Å². The van der Waals surface area contributed by atoms with Gasteiger partial charge in [0.25, 0.3) is 0 Å². The maximum Gasteiger partial charge on any atom is 0.132 e. The third-order valence-corrected chi connectivity index (χ3v) is 5.65. The van der Waals surface area contributed by atoms with Crippen molar-refractivity contribution in [3.63, 3.8) is 0 Å². The van der Waals surface area contributed by atoms with Gasteiger partial charge < -0.3 is 20.5 Å². The molecule has 26 heavy (non-hydrogen) atoms. The molecule has 1 aromatic heterocycles. The highest BCUT2D eigenvalue weighted by atomic mass is 16.5. The first-order chi connectivity index (χ1) is 12.6. The minimum absolute atomic E-state index is 0.0762. The molecule has 5 atom stereocenters. The lowest BCUT2D eigenvalue weighted by Gasteiger charge is -2.22. The Hall–Kier alpha value is -2.18. The van der Waals surface area contributed by atoms with E-state index in [4.69, 9.17) is 4.74 Å². The van der Waals surface area contributed by atoms with E-state index in [2.05, 4.69) is 51.8 Å². The second-order valence-electron chi connectivity index (χ2n) is 7.44. The molecule has 6 nitrogen and oxygen atoms in total. The number of fused-ring (bicyclic) bond motifs is 1. The van der Waals surface area contributed by atoms with Gasteiger partial charge in [-0.1, -0.05) is 31.2 Å². The molecule has 0 amide bonds. The van der Waals surface area contributed by atoms with Gasteiger partial charge in [-0.15, -0.1) is 0 Å². The van der Waals surface area contributed by atoms with Gasteiger partial charge in [0.15, 0.2) is 0 Å². The number of aromatic nitrogens is 2. The van der Waals surface area contributed by atoms with Crippen LogP contribution in [0.3, 0.4) is 0 Å². The first kappa shape index (κ1) is 17.2. The van der Waals surface area contributed by atoms with Crippen LogP contribution < -0.4 is 10.6 Å². The fourth-order valence-corrected chi connectivity index (χ4v) is 4.18. The predicted octanol–water partition coefficient (Wildman–Crippen LogP) is 2.77. The topological polar surface area (TPSA) is 79.3 Å². The average molecular weight is 354 g/mol. The van der Waals surface area contributed by atoms with Crippen molar-refractivity contribution in [2.45, 2.75) is 50.5 Å². The summed E-state index contributed by atoms with van der Waals surface area (Å²) in [6.07, 6.45) is 4.04. The molecule has 1 heterocycles. The standard InChI is InChI=1S/C20H26N4O2/c1-12-7-14(9-16(12)25)23-18-10-19(22-11-21-18)24-20-15-6-4-3-5-13(15)8-17(20)26-2/h3-6,10-12,14,16-17,20,25H,7-9H2,1-2H3,(H2,21,22,23,24)/t12-,14+,16-,17-,20+/m0/s1. The summed E-state index contributed by atoms with van der Waals surface area (Å²) in [4.78, 5) is 8.72. The van der Waals surface area contributed by atoms with E-state index < -0.39 is 0 Å². The molecule has 0 unspecified atom stereocenters. The van der Waals surface area contributed by atoms with Crippen molar-refractivity contribution in [3.05, 3.63) is 47.8 Å². The highest BCUT2D eigenvalue weighted by Gasteiger charge is 2.33. The molecule has 2 aliphatic rings. The molecule has 6 heteroatoms. The summed E-state index contributed by atoms with van der Waals surface area (Å²) in [5.41, 5.74) is 2.58. The number of aliphatic hydroxyl groups excluding tert-OH is 1. The van der Waals surface area contributed by atoms with Crippen LogP contribution in [0.15, 0.2) is 36.7 Å². The molecule has 1 fully saturated rings. The van der Waals surface area contributed by atoms with Crippen molar-refractivity contribution >= 4 is 11.6 Å². The highest BCUT2D eigenvalue weighted by molar-refractivity contribution is 5.50. The van der Waals surface area contributed by atoms with Crippen molar-refractivity contribution in [3.8, 4) is 0 Å². The van der Waals surface area contributed by atoms with E-state index in [1.165, 1.54) is 11.1 Å². The molecule has 0 bridgehead atoms. The minimum atomic E-state index is -0.232. The van der Waals surface area contributed by atoms with Gasteiger partial charge in [0.05, 0.1) is 18.2 Å². The first-order valence-corrected chi connectivity index (χ1v) is 9.28. The van der Waals surface area contributed by atoms with Gasteiger partial charge in [0, 0.05) is 25.6 Å². The summed E-state index contributed by atoms with van der Waals surface area (Å²) < 4.78 is 5.69. The molecule has 2 aliphatic carbocycles. The van der Waals surface area contributed by atoms with Crippen LogP contribution in [0.4, 0.5) is 11.6 Å². The highest BCUT2D eigenvalue weighted by Crippen LogP contribution is 2.35. The Morgan fingerprint density at radius 2 is 1.88 bits per heavy atom. The van der Waals surface area contributed by atoms with Gasteiger partial charge in [0.2, 0.25) is 0 Å². The second-order valence-corrected chi connectivity index (χ2v) is 7.44. The number of aliphatic hydroxyl groups is 1. The Morgan fingerprint density at radius 1 is 1.12 bits per heavy atom. The van der Waals surface area contributed by atoms with Gasteiger partial charge >= 0.3 is 0 Å². The van der Waals surface area contributed by atoms with E-state index in [1.807, 2.05) is 6.07 Å². The lowest BCUT2D eigenvalue weighted by atomic mass is 10.1. The average Bonchev–Trinajstić information content (AvgIpc) is 3.15. The zero-order valence-corrected chi connectivity index (χ0v) is 15.2. The molecular weight excluding hydrogens is 328 g/mol. The normalized spacial score (nSPS) is 30.2. The van der Waals surface area contributed by atoms with E-state index >= 15 is 0 Å². The molecule has 1 saturated carbocycles. The van der Waals surface area contributed by atoms with Crippen molar-refractivity contribution in [1.82, 2.24) is 9.97 Å². The number of benzene rings is 1. The Morgan fingerprint density at radius 3 is 2.62 bits per heavy atom. The molecule has 0 aliphatic heterocycles. The first-order valence-electron chi connectivity index (χ1n) is 9.28. The fourth-order valence-electron chi connectivity index (χ4n) is 4.18. The molecule has 0 radical (unpaired) electrons. The zero-order chi connectivity index (χ0) is 18.1. The van der Waals surface area contributed by atoms with E-state index in [0.29, 0.717) is 5.92 Å². The van der Waals surface area contributed by atoms with Crippen molar-refractivity contribution in [2.75, 3.05) is 17.7 Å². The number of hydrogen-bond donors (Lipinski definition) is 3. The maximum absolute atomic E-state index is 9.94. The summed E-state index contributed by atoms with van der Waals surface area (Å²) in [7, 11) is 1.75. The number of ether oxygens (including phenoxy) is 1. The smallest absolute Gasteiger partial charge is 0.132 e. The van der Waals surface area contributed by atoms with Crippen molar-refractivity contribution in [1.29, 1.82) is 0 Å². The molecule has 0 spiro atoms. The van der Waals surface area contributed by atoms with E-state index in [-0.39, 0.29) is 24.3 Å². The quantitative estimate of drug-likeness (QED) is 0.766. The fraction of sp³-hybridized carbons (Fsp3) is 0.500. The van der Waals surface area contributed by atoms with Crippen LogP contribution in [-0.4, -0.2) is 40.4 Å². The van der Waals surface area contributed by atoms with E-state index in [0.717, 1.165) is 30.9 Å². The van der Waals surface area contributed by atoms with Crippen LogP contribution in [0.1, 0.15) is 36.9 Å². The molecule has 2 aromatic rings. The molecule has 138 valence electrons. The predicted molar refractivity (Wildman–Crippen MR) is 101 cm³/mol. The van der Waals surface area contributed by atoms with Crippen LogP contribution in [-0.2, 0) is 11.2 Å². The molecular formula is C20H26N4O2. The van der Waals surface area contributed by atoms with E-state index in [1.54, 1.807) is 13.4 Å². The lowest BCUT2D eigenvalue weighted by molar-refractivity contribution is 0.0959. The maximum atomic E-state index is 9.94. The summed E-state index contributed by atoms with van der Waals surface area (Å²) in [6.45, 7) is 2.09. The van der Waals surface area contributed by atoms with Crippen LogP contribution in [0, 0.1) is 5.92 Å². The number of rotatable bonds is 5. The van der Waals surface area contributed by atoms with Gasteiger partial charge in [-0.05, 0) is 29.9 Å². The molecule has 4 rings (SSSR count). The lowest BCUT2D eigenvalue weighted by Crippen LogP contribution is -2.24. The summed E-state index contributed by atoms with van der Waals surface area (Å²) >= 11 is 0. The Bertz CT molecular complexity index is 759. The number of anilines is 2. The summed E-state index contributed by atoms with van der Waals surface area (Å²) in [5, 5.41) is 16.9. The van der Waals surface area contributed by atoms with Crippen LogP contribution in [0.25, 0.3) is 0 Å². The third kappa shape index (κ3) is 3.39. The summed E-state index contributed by atoms with van der Waals surface area (Å²) in [6, 6.07) is 10.7. The van der Waals surface area contributed by atoms with Crippen molar-refractivity contribution < 1.29 is 9.84 Å². The largest absolute Gasteiger partial charge is 0.393 e. The SMILES string of the molecule is CO[C@H]1Cc2ccccc2[C@H]1Nc1cc(N[C@@H]2C[C@H](C)[C@@H](O)C2)ncn1. The number of nitrogens with one attached hydrogen (secondary N) is 2. The number of hydrogen-bond acceptors (Lipinski definition) is 6. The minimum Gasteiger partial charge on any atom is -0.393 e. The van der Waals surface area contributed by atoms with Gasteiger partial charge in [-0.3, -0.25) is 0 Å². The Kier molecular flexibility index (Phi) is 4.78. The van der Waals surface area contributed by atoms with Gasteiger partial charge in [-0.2, -0.15) is 0 Å². The Labute approximate surface area is 154 Å². The third-order valence-electron chi connectivity index (χ3n) is 5.65. The van der Waals surface area contributed by atoms with Crippen molar-refractivity contribution in [2.24, 2.45) is 5.92 Å². The number of nitrogens with zero attached hydrogens (tertiary/aromatic N) is 2. The van der Waals surface area contributed by atoms with Crippen LogP contribution >= 0.6 is 0 Å². The molecule has 0 saturated heterocycles. The Balaban J connectivity index is 1.49. The van der Waals surface area contributed by atoms with Gasteiger partial charge in [-0.25, -0.2) is 9.97 Å². The second kappa shape index (κ2) is 7.21. The zero-order valence-electron chi connectivity index (χ0n) is 15.2.